The fourth-order valence-corrected chi connectivity index (χ4v) is 6.49. The van der Waals surface area contributed by atoms with Crippen LogP contribution in [0.4, 0.5) is 11.5 Å². The summed E-state index contributed by atoms with van der Waals surface area (Å²) in [5.74, 6) is -0.849. The second kappa shape index (κ2) is 13.7. The van der Waals surface area contributed by atoms with Gasteiger partial charge in [-0.05, 0) is 94.8 Å². The molecule has 1 aromatic heterocycles. The summed E-state index contributed by atoms with van der Waals surface area (Å²) >= 11 is 0. The lowest BCUT2D eigenvalue weighted by atomic mass is 9.95. The Bertz CT molecular complexity index is 1200. The maximum absolute atomic E-state index is 13.2. The molecule has 1 unspecified atom stereocenters. The van der Waals surface area contributed by atoms with Gasteiger partial charge in [0.05, 0.1) is 24.0 Å². The molecule has 9 heteroatoms. The second-order valence-corrected chi connectivity index (χ2v) is 12.0. The number of hydrogen-bond donors (Lipinski definition) is 3. The quantitative estimate of drug-likeness (QED) is 0.402. The number of carboxylic acid groups (broad SMARTS) is 1. The Morgan fingerprint density at radius 1 is 1.15 bits per heavy atom. The molecule has 1 aromatic carbocycles. The van der Waals surface area contributed by atoms with Crippen molar-refractivity contribution in [3.63, 3.8) is 0 Å². The summed E-state index contributed by atoms with van der Waals surface area (Å²) in [5.41, 5.74) is 4.13. The van der Waals surface area contributed by atoms with Crippen molar-refractivity contribution in [1.82, 2.24) is 15.2 Å². The lowest BCUT2D eigenvalue weighted by Crippen LogP contribution is -2.45. The summed E-state index contributed by atoms with van der Waals surface area (Å²) < 4.78 is 5.85. The number of likely N-dealkylation sites (tertiary alicyclic amines) is 1. The van der Waals surface area contributed by atoms with Gasteiger partial charge in [-0.25, -0.2) is 4.98 Å². The van der Waals surface area contributed by atoms with Gasteiger partial charge in [0.15, 0.2) is 0 Å². The fourth-order valence-electron chi connectivity index (χ4n) is 6.49. The van der Waals surface area contributed by atoms with Gasteiger partial charge < -0.3 is 30.3 Å². The normalized spacial score (nSPS) is 23.8. The number of fused-ring (bicyclic) bond motifs is 1. The minimum atomic E-state index is -0.928. The van der Waals surface area contributed by atoms with Crippen molar-refractivity contribution in [1.29, 1.82) is 0 Å². The highest BCUT2D eigenvalue weighted by Crippen LogP contribution is 2.26. The number of carbonyl (C=O) groups is 2. The highest BCUT2D eigenvalue weighted by molar-refractivity contribution is 5.81. The van der Waals surface area contributed by atoms with Gasteiger partial charge in [-0.15, -0.1) is 0 Å². The first-order valence-corrected chi connectivity index (χ1v) is 15.3. The minimum absolute atomic E-state index is 0.0460. The number of carboxylic acids is 1. The van der Waals surface area contributed by atoms with Crippen molar-refractivity contribution in [3.8, 4) is 0 Å². The van der Waals surface area contributed by atoms with Crippen molar-refractivity contribution >= 4 is 23.4 Å². The molecule has 9 nitrogen and oxygen atoms in total. The predicted octanol–water partition coefficient (Wildman–Crippen LogP) is 3.68. The van der Waals surface area contributed by atoms with Crippen LogP contribution in [0.2, 0.25) is 0 Å². The van der Waals surface area contributed by atoms with Gasteiger partial charge in [0.1, 0.15) is 5.82 Å². The van der Waals surface area contributed by atoms with E-state index in [0.717, 1.165) is 88.4 Å². The van der Waals surface area contributed by atoms with E-state index in [0.29, 0.717) is 12.1 Å². The second-order valence-electron chi connectivity index (χ2n) is 12.0. The lowest BCUT2D eigenvalue weighted by Gasteiger charge is -2.37. The smallest absolute Gasteiger partial charge is 0.312 e. The number of amides is 1. The number of hydrogen-bond acceptors (Lipinski definition) is 7. The molecule has 2 fully saturated rings. The lowest BCUT2D eigenvalue weighted by molar-refractivity contribution is -0.138. The molecule has 4 heterocycles. The van der Waals surface area contributed by atoms with Gasteiger partial charge in [-0.1, -0.05) is 18.2 Å². The van der Waals surface area contributed by atoms with Crippen LogP contribution in [0.15, 0.2) is 36.4 Å². The number of rotatable bonds is 10. The van der Waals surface area contributed by atoms with E-state index in [1.165, 1.54) is 5.56 Å². The highest BCUT2D eigenvalue weighted by Gasteiger charge is 2.29. The van der Waals surface area contributed by atoms with Crippen LogP contribution >= 0.6 is 0 Å². The number of nitrogens with zero attached hydrogens (tertiary/aromatic N) is 3. The largest absolute Gasteiger partial charge is 0.481 e. The maximum atomic E-state index is 13.2. The molecule has 0 aliphatic carbocycles. The molecular formula is C32H45N5O4. The number of nitrogens with one attached hydrogen (secondary N) is 2. The molecular weight excluding hydrogens is 518 g/mol. The van der Waals surface area contributed by atoms with Crippen molar-refractivity contribution in [3.05, 3.63) is 53.2 Å². The summed E-state index contributed by atoms with van der Waals surface area (Å²) in [5, 5.41) is 16.4. The third-order valence-electron chi connectivity index (χ3n) is 8.57. The first-order valence-electron chi connectivity index (χ1n) is 15.3. The Hall–Kier alpha value is -3.17. The monoisotopic (exact) mass is 563 g/mol. The number of morpholine rings is 1. The average Bonchev–Trinajstić information content (AvgIpc) is 2.97. The van der Waals surface area contributed by atoms with Crippen molar-refractivity contribution in [2.24, 2.45) is 5.92 Å². The third kappa shape index (κ3) is 7.77. The molecule has 4 atom stereocenters. The molecule has 0 radical (unpaired) electrons. The number of aliphatic carboxylic acids is 1. The van der Waals surface area contributed by atoms with E-state index >= 15 is 0 Å². The van der Waals surface area contributed by atoms with E-state index in [-0.39, 0.29) is 30.6 Å². The Balaban J connectivity index is 1.11. The van der Waals surface area contributed by atoms with E-state index in [1.807, 2.05) is 24.3 Å². The number of anilines is 2. The van der Waals surface area contributed by atoms with Gasteiger partial charge in [-0.3, -0.25) is 9.59 Å². The van der Waals surface area contributed by atoms with Gasteiger partial charge in [0.25, 0.3) is 0 Å². The average molecular weight is 564 g/mol. The first kappa shape index (κ1) is 29.3. The molecule has 3 aliphatic rings. The zero-order chi connectivity index (χ0) is 28.8. The number of benzene rings is 1. The molecule has 3 N–H and O–H groups in total. The summed E-state index contributed by atoms with van der Waals surface area (Å²) in [7, 11) is 0. The molecule has 2 saturated heterocycles. The summed E-state index contributed by atoms with van der Waals surface area (Å²) in [6.07, 6.45) is 6.22. The van der Waals surface area contributed by atoms with Crippen molar-refractivity contribution in [2.45, 2.75) is 70.5 Å². The third-order valence-corrected chi connectivity index (χ3v) is 8.57. The Labute approximate surface area is 243 Å². The van der Waals surface area contributed by atoms with Crippen LogP contribution in [0, 0.1) is 5.92 Å². The Kier molecular flexibility index (Phi) is 9.77. The molecule has 41 heavy (non-hydrogen) atoms. The van der Waals surface area contributed by atoms with E-state index in [2.05, 4.69) is 46.4 Å². The number of piperidine rings is 1. The number of carbonyl (C=O) groups excluding carboxylic acids is 1. The fraction of sp³-hybridized carbons (Fsp3) is 0.594. The van der Waals surface area contributed by atoms with Gasteiger partial charge in [0, 0.05) is 44.1 Å². The van der Waals surface area contributed by atoms with Crippen LogP contribution < -0.4 is 15.5 Å². The zero-order valence-electron chi connectivity index (χ0n) is 24.5. The predicted molar refractivity (Wildman–Crippen MR) is 161 cm³/mol. The van der Waals surface area contributed by atoms with Crippen LogP contribution in [0.3, 0.4) is 0 Å². The van der Waals surface area contributed by atoms with Crippen molar-refractivity contribution in [2.75, 3.05) is 56.0 Å². The van der Waals surface area contributed by atoms with Gasteiger partial charge >= 0.3 is 5.97 Å². The number of ether oxygens (including phenoxy) is 1. The van der Waals surface area contributed by atoms with Gasteiger partial charge in [-0.2, -0.15) is 0 Å². The number of aromatic nitrogens is 1. The molecule has 5 rings (SSSR count). The molecule has 1 amide bonds. The number of pyridine rings is 1. The molecule has 3 aliphatic heterocycles. The molecule has 0 spiro atoms. The topological polar surface area (TPSA) is 107 Å². The van der Waals surface area contributed by atoms with Gasteiger partial charge in [0.2, 0.25) is 5.91 Å². The SMILES string of the molecule is C[C@H]1CN(c2cccc(C(CNC(=O)[C@@H]3CCCN(CCCc4ccc5c(n4)NCCC5)C3)C(=O)O)c2)C[C@H](C)O1. The van der Waals surface area contributed by atoms with E-state index in [4.69, 9.17) is 9.72 Å². The first-order chi connectivity index (χ1) is 19.9. The Morgan fingerprint density at radius 2 is 1.98 bits per heavy atom. The van der Waals surface area contributed by atoms with Crippen LogP contribution in [0.1, 0.15) is 62.3 Å². The highest BCUT2D eigenvalue weighted by atomic mass is 16.5. The molecule has 0 saturated carbocycles. The van der Waals surface area contributed by atoms with E-state index in [1.54, 1.807) is 0 Å². The summed E-state index contributed by atoms with van der Waals surface area (Å²) in [6.45, 7) is 9.35. The molecule has 2 aromatic rings. The molecule has 222 valence electrons. The van der Waals surface area contributed by atoms with Crippen LogP contribution in [-0.4, -0.2) is 84.9 Å². The number of aryl methyl sites for hydroxylation is 2. The summed E-state index contributed by atoms with van der Waals surface area (Å²) in [6, 6.07) is 12.1. The molecule has 0 bridgehead atoms. The van der Waals surface area contributed by atoms with Crippen LogP contribution in [0.5, 0.6) is 0 Å². The maximum Gasteiger partial charge on any atom is 0.312 e. The standard InChI is InChI=1S/C32H45N5O4/c1-22-19-37(20-23(2)41-22)28-11-3-7-25(17-28)29(32(39)40)18-34-31(38)26-9-5-15-36(21-26)16-6-10-27-13-12-24-8-4-14-33-30(24)35-27/h3,7,11-13,17,22-23,26,29H,4-6,8-10,14-16,18-21H2,1-2H3,(H,33,35)(H,34,38)(H,39,40)/t22-,23-,26+,29?/m0/s1. The van der Waals surface area contributed by atoms with Crippen molar-refractivity contribution < 1.29 is 19.4 Å². The summed E-state index contributed by atoms with van der Waals surface area (Å²) in [4.78, 5) is 34.8. The van der Waals surface area contributed by atoms with E-state index < -0.39 is 11.9 Å². The van der Waals surface area contributed by atoms with Crippen LogP contribution in [-0.2, 0) is 27.2 Å². The Morgan fingerprint density at radius 3 is 2.78 bits per heavy atom. The van der Waals surface area contributed by atoms with E-state index in [9.17, 15) is 14.7 Å². The van der Waals surface area contributed by atoms with Crippen LogP contribution in [0.25, 0.3) is 0 Å². The zero-order valence-corrected chi connectivity index (χ0v) is 24.5. The minimum Gasteiger partial charge on any atom is -0.481 e.